The predicted molar refractivity (Wildman–Crippen MR) is 86.3 cm³/mol. The van der Waals surface area contributed by atoms with E-state index < -0.39 is 6.10 Å². The summed E-state index contributed by atoms with van der Waals surface area (Å²) in [7, 11) is 0. The van der Waals surface area contributed by atoms with E-state index >= 15 is 0 Å². The van der Waals surface area contributed by atoms with Gasteiger partial charge < -0.3 is 15.7 Å². The highest BCUT2D eigenvalue weighted by molar-refractivity contribution is 5.73. The minimum Gasteiger partial charge on any atom is -0.391 e. The van der Waals surface area contributed by atoms with Crippen LogP contribution in [0.15, 0.2) is 0 Å². The Bertz CT molecular complexity index is 320. The molecule has 2 unspecified atom stereocenters. The average Bonchev–Trinajstić information content (AvgIpc) is 2.41. The number of carbonyl (C=O) groups is 1. The Hall–Kier alpha value is -0.810. The summed E-state index contributed by atoms with van der Waals surface area (Å²) in [6.07, 6.45) is 1.95. The van der Waals surface area contributed by atoms with Gasteiger partial charge in [-0.05, 0) is 44.2 Å². The van der Waals surface area contributed by atoms with Gasteiger partial charge >= 0.3 is 6.03 Å². The van der Waals surface area contributed by atoms with Gasteiger partial charge in [-0.3, -0.25) is 4.90 Å². The van der Waals surface area contributed by atoms with Crippen LogP contribution in [0.25, 0.3) is 0 Å². The monoisotopic (exact) mass is 299 g/mol. The van der Waals surface area contributed by atoms with Crippen LogP contribution in [0.1, 0.15) is 47.5 Å². The molecule has 1 fully saturated rings. The van der Waals surface area contributed by atoms with Crippen LogP contribution in [0.2, 0.25) is 0 Å². The minimum atomic E-state index is -0.538. The van der Waals surface area contributed by atoms with E-state index in [9.17, 15) is 9.90 Å². The molecular weight excluding hydrogens is 266 g/mol. The number of carbonyl (C=O) groups excluding carboxylic acids is 1. The van der Waals surface area contributed by atoms with Gasteiger partial charge in [0.05, 0.1) is 6.10 Å². The molecule has 124 valence electrons. The predicted octanol–water partition coefficient (Wildman–Crippen LogP) is 1.81. The highest BCUT2D eigenvalue weighted by Gasteiger charge is 2.23. The summed E-state index contributed by atoms with van der Waals surface area (Å²) in [5, 5.41) is 15.5. The topological polar surface area (TPSA) is 64.6 Å². The van der Waals surface area contributed by atoms with Crippen molar-refractivity contribution in [3.63, 3.8) is 0 Å². The zero-order valence-corrected chi connectivity index (χ0v) is 14.3. The van der Waals surface area contributed by atoms with Gasteiger partial charge in [0.15, 0.2) is 0 Å². The molecule has 3 N–H and O–H groups in total. The fourth-order valence-electron chi connectivity index (χ4n) is 2.40. The number of rotatable bonds is 5. The Morgan fingerprint density at radius 1 is 1.24 bits per heavy atom. The Balaban J connectivity index is 2.20. The van der Waals surface area contributed by atoms with Crippen molar-refractivity contribution in [3.8, 4) is 0 Å². The molecule has 1 aliphatic heterocycles. The van der Waals surface area contributed by atoms with Crippen LogP contribution in [0.4, 0.5) is 4.79 Å². The summed E-state index contributed by atoms with van der Waals surface area (Å²) < 4.78 is 0. The summed E-state index contributed by atoms with van der Waals surface area (Å²) in [4.78, 5) is 14.2. The highest BCUT2D eigenvalue weighted by Crippen LogP contribution is 2.18. The van der Waals surface area contributed by atoms with E-state index in [1.54, 1.807) is 0 Å². The number of urea groups is 1. The van der Waals surface area contributed by atoms with Gasteiger partial charge in [-0.15, -0.1) is 0 Å². The third-order valence-electron chi connectivity index (χ3n) is 4.46. The fraction of sp³-hybridized carbons (Fsp3) is 0.938. The van der Waals surface area contributed by atoms with Gasteiger partial charge in [0, 0.05) is 19.1 Å². The molecule has 1 saturated heterocycles. The third kappa shape index (κ3) is 6.66. The summed E-state index contributed by atoms with van der Waals surface area (Å²) in [6.45, 7) is 13.5. The van der Waals surface area contributed by atoms with Crippen molar-refractivity contribution < 1.29 is 9.90 Å². The average molecular weight is 299 g/mol. The SMILES string of the molecule is CC1CCN(C(C)CNC(=O)NCC(O)C(C)(C)C)CC1. The number of nitrogens with one attached hydrogen (secondary N) is 2. The molecule has 0 bridgehead atoms. The first-order valence-electron chi connectivity index (χ1n) is 8.14. The zero-order valence-electron chi connectivity index (χ0n) is 14.3. The van der Waals surface area contributed by atoms with Crippen molar-refractivity contribution in [2.75, 3.05) is 26.2 Å². The molecule has 2 amide bonds. The van der Waals surface area contributed by atoms with Gasteiger partial charge in [-0.2, -0.15) is 0 Å². The van der Waals surface area contributed by atoms with E-state index in [0.29, 0.717) is 12.6 Å². The second kappa shape index (κ2) is 7.99. The maximum Gasteiger partial charge on any atom is 0.314 e. The molecule has 0 aromatic rings. The first-order valence-corrected chi connectivity index (χ1v) is 8.14. The number of aliphatic hydroxyl groups excluding tert-OH is 1. The zero-order chi connectivity index (χ0) is 16.0. The number of aliphatic hydroxyl groups is 1. The fourth-order valence-corrected chi connectivity index (χ4v) is 2.40. The molecule has 5 heteroatoms. The maximum atomic E-state index is 11.8. The smallest absolute Gasteiger partial charge is 0.314 e. The van der Waals surface area contributed by atoms with Crippen molar-refractivity contribution >= 4 is 6.03 Å². The Morgan fingerprint density at radius 3 is 2.29 bits per heavy atom. The van der Waals surface area contributed by atoms with Crippen LogP contribution >= 0.6 is 0 Å². The van der Waals surface area contributed by atoms with E-state index in [1.807, 2.05) is 20.8 Å². The molecule has 21 heavy (non-hydrogen) atoms. The Morgan fingerprint density at radius 2 is 1.76 bits per heavy atom. The van der Waals surface area contributed by atoms with E-state index in [1.165, 1.54) is 12.8 Å². The normalized spacial score (nSPS) is 20.9. The molecule has 0 aliphatic carbocycles. The molecule has 1 aliphatic rings. The van der Waals surface area contributed by atoms with Crippen molar-refractivity contribution in [1.82, 2.24) is 15.5 Å². The molecule has 0 aromatic heterocycles. The van der Waals surface area contributed by atoms with Crippen molar-refractivity contribution in [2.24, 2.45) is 11.3 Å². The first-order chi connectivity index (χ1) is 9.70. The van der Waals surface area contributed by atoms with E-state index in [4.69, 9.17) is 0 Å². The molecule has 0 radical (unpaired) electrons. The van der Waals surface area contributed by atoms with Crippen molar-refractivity contribution in [1.29, 1.82) is 0 Å². The van der Waals surface area contributed by atoms with Crippen LogP contribution < -0.4 is 10.6 Å². The molecular formula is C16H33N3O2. The van der Waals surface area contributed by atoms with Gasteiger partial charge in [0.1, 0.15) is 0 Å². The number of piperidine rings is 1. The van der Waals surface area contributed by atoms with E-state index in [2.05, 4.69) is 29.4 Å². The second-order valence-electron chi connectivity index (χ2n) is 7.54. The summed E-state index contributed by atoms with van der Waals surface area (Å²) in [6, 6.07) is 0.159. The number of hydrogen-bond donors (Lipinski definition) is 3. The van der Waals surface area contributed by atoms with Crippen LogP contribution in [0.3, 0.4) is 0 Å². The Kier molecular flexibility index (Phi) is 6.94. The van der Waals surface area contributed by atoms with E-state index in [-0.39, 0.29) is 18.0 Å². The highest BCUT2D eigenvalue weighted by atomic mass is 16.3. The molecule has 5 nitrogen and oxygen atoms in total. The lowest BCUT2D eigenvalue weighted by atomic mass is 9.89. The summed E-state index contributed by atoms with van der Waals surface area (Å²) in [5.74, 6) is 0.823. The molecule has 1 rings (SSSR count). The third-order valence-corrected chi connectivity index (χ3v) is 4.46. The first kappa shape index (κ1) is 18.2. The quantitative estimate of drug-likeness (QED) is 0.725. The van der Waals surface area contributed by atoms with E-state index in [0.717, 1.165) is 19.0 Å². The van der Waals surface area contributed by atoms with Gasteiger partial charge in [-0.1, -0.05) is 27.7 Å². The van der Waals surface area contributed by atoms with Crippen LogP contribution in [-0.4, -0.2) is 54.4 Å². The summed E-state index contributed by atoms with van der Waals surface area (Å²) >= 11 is 0. The number of hydrogen-bond acceptors (Lipinski definition) is 3. The second-order valence-corrected chi connectivity index (χ2v) is 7.54. The largest absolute Gasteiger partial charge is 0.391 e. The van der Waals surface area contributed by atoms with Crippen LogP contribution in [0, 0.1) is 11.3 Å². The van der Waals surface area contributed by atoms with Crippen LogP contribution in [-0.2, 0) is 0 Å². The molecule has 0 saturated carbocycles. The maximum absolute atomic E-state index is 11.8. The van der Waals surface area contributed by atoms with Gasteiger partial charge in [0.2, 0.25) is 0 Å². The standard InChI is InChI=1S/C16H33N3O2/c1-12-6-8-19(9-7-12)13(2)10-17-15(21)18-11-14(20)16(3,4)5/h12-14,20H,6-11H2,1-5H3,(H2,17,18,21). The number of nitrogens with zero attached hydrogens (tertiary/aromatic N) is 1. The molecule has 1 heterocycles. The number of amides is 2. The molecule has 0 aromatic carbocycles. The van der Waals surface area contributed by atoms with Crippen molar-refractivity contribution in [2.45, 2.75) is 59.6 Å². The van der Waals surface area contributed by atoms with Crippen molar-refractivity contribution in [3.05, 3.63) is 0 Å². The Labute approximate surface area is 129 Å². The molecule has 0 spiro atoms. The lowest BCUT2D eigenvalue weighted by Crippen LogP contribution is -2.49. The summed E-state index contributed by atoms with van der Waals surface area (Å²) in [5.41, 5.74) is -0.217. The minimum absolute atomic E-state index is 0.199. The lowest BCUT2D eigenvalue weighted by Gasteiger charge is -2.35. The lowest BCUT2D eigenvalue weighted by molar-refractivity contribution is 0.0648. The van der Waals surface area contributed by atoms with Gasteiger partial charge in [-0.25, -0.2) is 4.79 Å². The molecule has 2 atom stereocenters. The number of likely N-dealkylation sites (tertiary alicyclic amines) is 1. The van der Waals surface area contributed by atoms with Gasteiger partial charge in [0.25, 0.3) is 0 Å². The van der Waals surface area contributed by atoms with Crippen LogP contribution in [0.5, 0.6) is 0 Å².